The van der Waals surface area contributed by atoms with Crippen LogP contribution in [0.25, 0.3) is 0 Å². The van der Waals surface area contributed by atoms with Gasteiger partial charge in [0, 0.05) is 106 Å². The first-order valence-corrected chi connectivity index (χ1v) is 29.0. The Balaban J connectivity index is 0.000000490. The van der Waals surface area contributed by atoms with E-state index in [4.69, 9.17) is 0 Å². The third-order valence-corrected chi connectivity index (χ3v) is 14.0. The molecule has 472 valence electrons. The summed E-state index contributed by atoms with van der Waals surface area (Å²) >= 11 is 2.15. The second kappa shape index (κ2) is 41.9. The number of hydrogen-bond acceptors (Lipinski definition) is 9. The van der Waals surface area contributed by atoms with E-state index in [0.717, 1.165) is 26.2 Å². The number of alkyl halides is 7. The van der Waals surface area contributed by atoms with E-state index in [2.05, 4.69) is 174 Å². The average molecular weight is 1330 g/mol. The van der Waals surface area contributed by atoms with Crippen LogP contribution in [0.4, 0.5) is 30.7 Å². The van der Waals surface area contributed by atoms with Gasteiger partial charge in [-0.3, -0.25) is 39.3 Å². The number of benzene rings is 2. The third-order valence-electron chi connectivity index (χ3n) is 12.9. The van der Waals surface area contributed by atoms with Crippen molar-refractivity contribution in [2.45, 2.75) is 136 Å². The highest BCUT2D eigenvalue weighted by atomic mass is 127. The zero-order chi connectivity index (χ0) is 66.5. The summed E-state index contributed by atoms with van der Waals surface area (Å²) in [7, 11) is 3.08. The molecule has 0 fully saturated rings. The Kier molecular flexibility index (Phi) is 37.1. The van der Waals surface area contributed by atoms with Gasteiger partial charge in [-0.15, -0.1) is 0 Å². The maximum atomic E-state index is 12.0. The molecule has 8 aromatic heterocycles. The van der Waals surface area contributed by atoms with Gasteiger partial charge in [0.25, 0.3) is 12.9 Å². The van der Waals surface area contributed by atoms with Crippen LogP contribution < -0.4 is 0 Å². The molecule has 0 atom stereocenters. The summed E-state index contributed by atoms with van der Waals surface area (Å²) in [4.78, 5) is 27.9. The molecule has 0 bridgehead atoms. The predicted octanol–water partition coefficient (Wildman–Crippen LogP) is 18.8. The van der Waals surface area contributed by atoms with Crippen molar-refractivity contribution in [1.29, 1.82) is 0 Å². The van der Waals surface area contributed by atoms with Crippen LogP contribution in [0, 0.1) is 108 Å². The summed E-state index contributed by atoms with van der Waals surface area (Å²) in [5.74, 6) is 0. The summed E-state index contributed by atoms with van der Waals surface area (Å²) in [6, 6.07) is 27.0. The van der Waals surface area contributed by atoms with Gasteiger partial charge < -0.3 is 0 Å². The first-order chi connectivity index (χ1) is 41.4. The lowest BCUT2D eigenvalue weighted by molar-refractivity contribution is -0.141. The van der Waals surface area contributed by atoms with E-state index in [1.807, 2.05) is 100.0 Å². The van der Waals surface area contributed by atoms with E-state index in [-0.39, 0.29) is 16.8 Å². The van der Waals surface area contributed by atoms with Crippen molar-refractivity contribution in [3.8, 4) is 0 Å². The molecule has 2 aromatic carbocycles. The van der Waals surface area contributed by atoms with Crippen molar-refractivity contribution in [3.63, 3.8) is 0 Å². The topological polar surface area (TPSA) is 126 Å². The summed E-state index contributed by atoms with van der Waals surface area (Å²) in [5.41, 5.74) is 17.0. The number of pyridine rings is 5. The summed E-state index contributed by atoms with van der Waals surface area (Å²) in [6.07, 6.45) is 14.8. The number of nitrogens with zero attached hydrogens (tertiary/aromatic N) is 11. The minimum Gasteiger partial charge on any atom is -0.275 e. The molecule has 0 saturated carbocycles. The Morgan fingerprint density at radius 1 is 0.398 bits per heavy atom. The molecule has 0 unspecified atom stereocenters. The first kappa shape index (κ1) is 77.9. The Bertz CT molecular complexity index is 3080. The number of rotatable bonds is 3. The molecule has 8 heterocycles. The van der Waals surface area contributed by atoms with Gasteiger partial charge in [-0.1, -0.05) is 61.5 Å². The van der Waals surface area contributed by atoms with Crippen LogP contribution in [0.3, 0.4) is 0 Å². The van der Waals surface area contributed by atoms with Gasteiger partial charge in [-0.2, -0.15) is 23.4 Å². The van der Waals surface area contributed by atoms with Gasteiger partial charge >= 0.3 is 6.18 Å². The molecule has 0 amide bonds. The zero-order valence-electron chi connectivity index (χ0n) is 53.9. The molecule has 0 aliphatic heterocycles. The molecule has 0 saturated heterocycles. The Morgan fingerprint density at radius 2 is 0.795 bits per heavy atom. The fraction of sp³-hybridized carbons (Fsp3) is 0.319. The molecule has 0 spiro atoms. The standard InChI is InChI=1S/C9H12.C8H8F2.5C7H9N.C6H7F3N2.C6H8F2N2.C5H5IN2/c1-3-9-7-5-4-6-8(9)2;1-6-4-2-3-5-7(6)8(9)10;4*1-6-3-4-8-5-7(6)2;1-6-4-3-5-8-7(6)2;1-4-3-11(2)10-5(4)6(7,8)9;1-4-3-10(2)9-5(4)6(7)8;1-4-5(6)8-3-2-7-4/h4-7H,3H2,1-2H3;2-5,8H,1H3;5*3-5H,1-2H3;3H,1-2H3;3,6H,1-2H3;2-3H,1H3. The molecular formula is C69H85F7IN11. The maximum Gasteiger partial charge on any atom is 0.435 e. The van der Waals surface area contributed by atoms with E-state index < -0.39 is 24.7 Å². The van der Waals surface area contributed by atoms with Gasteiger partial charge in [0.05, 0.1) is 5.69 Å². The summed E-state index contributed by atoms with van der Waals surface area (Å²) < 4.78 is 87.5. The van der Waals surface area contributed by atoms with Crippen LogP contribution in [-0.2, 0) is 26.7 Å². The molecule has 19 heteroatoms. The second-order valence-electron chi connectivity index (χ2n) is 20.1. The van der Waals surface area contributed by atoms with Crippen LogP contribution >= 0.6 is 22.6 Å². The highest BCUT2D eigenvalue weighted by Gasteiger charge is 2.35. The maximum absolute atomic E-state index is 12.0. The van der Waals surface area contributed by atoms with Crippen molar-refractivity contribution in [2.75, 3.05) is 0 Å². The Morgan fingerprint density at radius 3 is 1.02 bits per heavy atom. The zero-order valence-corrected chi connectivity index (χ0v) is 56.1. The lowest BCUT2D eigenvalue weighted by atomic mass is 10.1. The van der Waals surface area contributed by atoms with E-state index in [0.29, 0.717) is 11.1 Å². The highest BCUT2D eigenvalue weighted by molar-refractivity contribution is 14.1. The van der Waals surface area contributed by atoms with E-state index in [1.165, 1.54) is 92.1 Å². The molecular weight excluding hydrogens is 1240 g/mol. The van der Waals surface area contributed by atoms with Gasteiger partial charge in [0.1, 0.15) is 9.39 Å². The molecule has 88 heavy (non-hydrogen) atoms. The number of hydrogen-bond donors (Lipinski definition) is 0. The van der Waals surface area contributed by atoms with Crippen LogP contribution in [0.15, 0.2) is 165 Å². The Hall–Kier alpha value is -8.07. The van der Waals surface area contributed by atoms with E-state index >= 15 is 0 Å². The van der Waals surface area contributed by atoms with Crippen molar-refractivity contribution < 1.29 is 30.7 Å². The molecule has 10 rings (SSSR count). The van der Waals surface area contributed by atoms with Gasteiger partial charge in [-0.25, -0.2) is 22.5 Å². The lowest BCUT2D eigenvalue weighted by Gasteiger charge is -2.01. The molecule has 10 aromatic rings. The van der Waals surface area contributed by atoms with Crippen molar-refractivity contribution in [3.05, 3.63) is 275 Å². The monoisotopic (exact) mass is 1330 g/mol. The number of aryl methyl sites for hydroxylation is 18. The largest absolute Gasteiger partial charge is 0.435 e. The Labute approximate surface area is 530 Å². The van der Waals surface area contributed by atoms with Gasteiger partial charge in [0.2, 0.25) is 0 Å². The minimum atomic E-state index is -4.33. The number of halogens is 8. The minimum absolute atomic E-state index is 0.123. The van der Waals surface area contributed by atoms with Crippen molar-refractivity contribution in [2.24, 2.45) is 14.1 Å². The van der Waals surface area contributed by atoms with Crippen molar-refractivity contribution in [1.82, 2.24) is 54.4 Å². The van der Waals surface area contributed by atoms with Crippen LogP contribution in [0.2, 0.25) is 0 Å². The highest BCUT2D eigenvalue weighted by Crippen LogP contribution is 2.30. The molecule has 0 aliphatic rings. The summed E-state index contributed by atoms with van der Waals surface area (Å²) in [6.45, 7) is 31.6. The van der Waals surface area contributed by atoms with Crippen LogP contribution in [0.1, 0.15) is 126 Å². The average Bonchev–Trinajstić information content (AvgIpc) is 4.29. The molecule has 0 aliphatic carbocycles. The smallest absolute Gasteiger partial charge is 0.275 e. The second-order valence-corrected chi connectivity index (χ2v) is 21.1. The van der Waals surface area contributed by atoms with Gasteiger partial charge in [-0.05, 0) is 241 Å². The van der Waals surface area contributed by atoms with E-state index in [9.17, 15) is 30.7 Å². The summed E-state index contributed by atoms with van der Waals surface area (Å²) in [5, 5.41) is 6.85. The molecule has 0 N–H and O–H groups in total. The van der Waals surface area contributed by atoms with Crippen LogP contribution in [0.5, 0.6) is 0 Å². The van der Waals surface area contributed by atoms with Crippen LogP contribution in [-0.4, -0.2) is 54.4 Å². The molecule has 11 nitrogen and oxygen atoms in total. The SMILES string of the molecule is CCc1ccccc1C.Cc1ccccc1C(F)F.Cc1cccnc1C.Cc1ccncc1C.Cc1ccncc1C.Cc1ccncc1C.Cc1ccncc1C.Cc1cn(C)nc1C(F)(F)F.Cc1cn(C)nc1C(F)F.Cc1nccnc1I. The first-order valence-electron chi connectivity index (χ1n) is 27.9. The predicted molar refractivity (Wildman–Crippen MR) is 351 cm³/mol. The lowest BCUT2D eigenvalue weighted by Crippen LogP contribution is -2.08. The third kappa shape index (κ3) is 32.1. The normalized spacial score (nSPS) is 9.95. The number of aromatic nitrogens is 11. The van der Waals surface area contributed by atoms with Gasteiger partial charge in [0.15, 0.2) is 5.69 Å². The molecule has 0 radical (unpaired) electrons. The fourth-order valence-corrected chi connectivity index (χ4v) is 6.99. The van der Waals surface area contributed by atoms with Crippen molar-refractivity contribution >= 4 is 22.6 Å². The fourth-order valence-electron chi connectivity index (χ4n) is 6.69. The van der Waals surface area contributed by atoms with E-state index in [1.54, 1.807) is 57.7 Å². The quantitative estimate of drug-likeness (QED) is 0.126.